The van der Waals surface area contributed by atoms with Gasteiger partial charge in [0.25, 0.3) is 0 Å². The van der Waals surface area contributed by atoms with Crippen LogP contribution in [0.5, 0.6) is 0 Å². The maximum atomic E-state index is 9.42. The lowest BCUT2D eigenvalue weighted by molar-refractivity contribution is 0.313. The van der Waals surface area contributed by atoms with Gasteiger partial charge in [-0.1, -0.05) is 0 Å². The molecule has 146 valence electrons. The van der Waals surface area contributed by atoms with E-state index in [1.165, 1.54) is 24.9 Å². The third-order valence-corrected chi connectivity index (χ3v) is 5.54. The minimum atomic E-state index is 0.323. The molecule has 4 rings (SSSR count). The quantitative estimate of drug-likeness (QED) is 0.878. The highest BCUT2D eigenvalue weighted by Crippen LogP contribution is 2.25. The van der Waals surface area contributed by atoms with Crippen molar-refractivity contribution >= 4 is 23.0 Å². The standard InChI is InChI=1S/C21H27N7/c1-26-11-13-27(14-12-26)18-7-5-17(6-8-18)24-21-19(15-22)23-16-20(25-21)28-9-3-2-4-10-28/h5-8,16H,2-4,9-14H2,1H3,(H,24,25). The molecule has 0 amide bonds. The molecule has 2 fully saturated rings. The van der Waals surface area contributed by atoms with Gasteiger partial charge in [0.2, 0.25) is 0 Å². The Morgan fingerprint density at radius 1 is 0.929 bits per heavy atom. The Morgan fingerprint density at radius 3 is 2.32 bits per heavy atom. The lowest BCUT2D eigenvalue weighted by atomic mass is 10.1. The zero-order valence-electron chi connectivity index (χ0n) is 16.4. The van der Waals surface area contributed by atoms with E-state index in [1.54, 1.807) is 6.20 Å². The highest BCUT2D eigenvalue weighted by Gasteiger charge is 2.16. The maximum absolute atomic E-state index is 9.42. The Kier molecular flexibility index (Phi) is 5.58. The molecule has 1 aromatic heterocycles. The Balaban J connectivity index is 1.49. The van der Waals surface area contributed by atoms with Gasteiger partial charge in [-0.25, -0.2) is 9.97 Å². The molecule has 1 N–H and O–H groups in total. The van der Waals surface area contributed by atoms with Gasteiger partial charge in [-0.3, -0.25) is 0 Å². The number of nitrogens with one attached hydrogen (secondary N) is 1. The molecule has 2 aliphatic heterocycles. The van der Waals surface area contributed by atoms with Crippen molar-refractivity contribution in [1.82, 2.24) is 14.9 Å². The predicted molar refractivity (Wildman–Crippen MR) is 112 cm³/mol. The normalized spacial score (nSPS) is 18.0. The second kappa shape index (κ2) is 8.44. The zero-order chi connectivity index (χ0) is 19.3. The fraction of sp³-hybridized carbons (Fsp3) is 0.476. The Morgan fingerprint density at radius 2 is 1.64 bits per heavy atom. The third-order valence-electron chi connectivity index (χ3n) is 5.54. The molecule has 0 aliphatic carbocycles. The number of nitrogens with zero attached hydrogens (tertiary/aromatic N) is 6. The summed E-state index contributed by atoms with van der Waals surface area (Å²) in [5.74, 6) is 1.37. The second-order valence-electron chi connectivity index (χ2n) is 7.55. The minimum Gasteiger partial charge on any atom is -0.369 e. The van der Waals surface area contributed by atoms with Crippen molar-refractivity contribution in [3.63, 3.8) is 0 Å². The van der Waals surface area contributed by atoms with Gasteiger partial charge in [0.05, 0.1) is 6.20 Å². The topological polar surface area (TPSA) is 71.3 Å². The molecule has 0 spiro atoms. The van der Waals surface area contributed by atoms with Crippen LogP contribution >= 0.6 is 0 Å². The molecule has 0 saturated carbocycles. The summed E-state index contributed by atoms with van der Waals surface area (Å²) >= 11 is 0. The van der Waals surface area contributed by atoms with Crippen molar-refractivity contribution in [1.29, 1.82) is 5.26 Å². The summed E-state index contributed by atoms with van der Waals surface area (Å²) in [6, 6.07) is 10.5. The van der Waals surface area contributed by atoms with Crippen molar-refractivity contribution in [2.45, 2.75) is 19.3 Å². The van der Waals surface area contributed by atoms with Crippen LogP contribution in [0.1, 0.15) is 25.0 Å². The molecule has 2 aromatic rings. The van der Waals surface area contributed by atoms with E-state index >= 15 is 0 Å². The Labute approximate surface area is 166 Å². The average molecular weight is 377 g/mol. The highest BCUT2D eigenvalue weighted by molar-refractivity contribution is 5.65. The molecule has 7 nitrogen and oxygen atoms in total. The molecule has 0 bridgehead atoms. The minimum absolute atomic E-state index is 0.323. The van der Waals surface area contributed by atoms with Crippen LogP contribution in [0, 0.1) is 11.3 Å². The summed E-state index contributed by atoms with van der Waals surface area (Å²) in [5.41, 5.74) is 2.47. The van der Waals surface area contributed by atoms with E-state index < -0.39 is 0 Å². The molecule has 7 heteroatoms. The van der Waals surface area contributed by atoms with Crippen molar-refractivity contribution in [2.24, 2.45) is 0 Å². The summed E-state index contributed by atoms with van der Waals surface area (Å²) < 4.78 is 0. The van der Waals surface area contributed by atoms with E-state index in [1.807, 2.05) is 12.1 Å². The van der Waals surface area contributed by atoms with E-state index in [2.05, 4.69) is 50.3 Å². The molecule has 28 heavy (non-hydrogen) atoms. The number of piperazine rings is 1. The van der Waals surface area contributed by atoms with Crippen LogP contribution in [0.15, 0.2) is 30.5 Å². The van der Waals surface area contributed by atoms with Gasteiger partial charge in [0.1, 0.15) is 11.9 Å². The summed E-state index contributed by atoms with van der Waals surface area (Å²) in [7, 11) is 2.16. The van der Waals surface area contributed by atoms with Crippen LogP contribution in [0.25, 0.3) is 0 Å². The second-order valence-corrected chi connectivity index (χ2v) is 7.55. The fourth-order valence-electron chi connectivity index (χ4n) is 3.78. The van der Waals surface area contributed by atoms with Crippen LogP contribution in [0.3, 0.4) is 0 Å². The van der Waals surface area contributed by atoms with Crippen molar-refractivity contribution in [3.05, 3.63) is 36.2 Å². The summed E-state index contributed by atoms with van der Waals surface area (Å²) in [6.07, 6.45) is 5.34. The smallest absolute Gasteiger partial charge is 0.183 e. The number of aromatic nitrogens is 2. The predicted octanol–water partition coefficient (Wildman–Crippen LogP) is 2.83. The SMILES string of the molecule is CN1CCN(c2ccc(Nc3nc(N4CCCCC4)cnc3C#N)cc2)CC1. The monoisotopic (exact) mass is 377 g/mol. The van der Waals surface area contributed by atoms with Crippen LogP contribution in [0.4, 0.5) is 23.0 Å². The highest BCUT2D eigenvalue weighted by atomic mass is 15.2. The van der Waals surface area contributed by atoms with E-state index in [9.17, 15) is 5.26 Å². The summed E-state index contributed by atoms with van der Waals surface area (Å²) in [4.78, 5) is 16.0. The first kappa shape index (κ1) is 18.5. The number of hydrogen-bond donors (Lipinski definition) is 1. The largest absolute Gasteiger partial charge is 0.369 e. The number of likely N-dealkylation sites (N-methyl/N-ethyl adjacent to an activating group) is 1. The Hall–Kier alpha value is -2.85. The number of hydrogen-bond acceptors (Lipinski definition) is 7. The molecule has 1 aromatic carbocycles. The van der Waals surface area contributed by atoms with Crippen LogP contribution < -0.4 is 15.1 Å². The van der Waals surface area contributed by atoms with Gasteiger partial charge in [-0.2, -0.15) is 5.26 Å². The van der Waals surface area contributed by atoms with Crippen LogP contribution in [0.2, 0.25) is 0 Å². The molecule has 0 atom stereocenters. The number of benzene rings is 1. The third kappa shape index (κ3) is 4.18. The van der Waals surface area contributed by atoms with E-state index in [4.69, 9.17) is 4.98 Å². The molecular weight excluding hydrogens is 350 g/mol. The first-order chi connectivity index (χ1) is 13.7. The molecule has 0 radical (unpaired) electrons. The Bertz CT molecular complexity index is 829. The maximum Gasteiger partial charge on any atom is 0.183 e. The molecule has 3 heterocycles. The van der Waals surface area contributed by atoms with Crippen LogP contribution in [-0.2, 0) is 0 Å². The van der Waals surface area contributed by atoms with Gasteiger partial charge in [0.15, 0.2) is 11.5 Å². The van der Waals surface area contributed by atoms with Crippen molar-refractivity contribution < 1.29 is 0 Å². The van der Waals surface area contributed by atoms with Gasteiger partial charge in [-0.05, 0) is 50.6 Å². The number of piperidine rings is 1. The fourth-order valence-corrected chi connectivity index (χ4v) is 3.78. The lowest BCUT2D eigenvalue weighted by Gasteiger charge is -2.34. The van der Waals surface area contributed by atoms with Crippen molar-refractivity contribution in [3.8, 4) is 6.07 Å². The average Bonchev–Trinajstić information content (AvgIpc) is 2.75. The van der Waals surface area contributed by atoms with E-state index in [0.717, 1.165) is 50.8 Å². The first-order valence-corrected chi connectivity index (χ1v) is 10.1. The molecule has 2 aliphatic rings. The van der Waals surface area contributed by atoms with Gasteiger partial charge in [-0.15, -0.1) is 0 Å². The summed E-state index contributed by atoms with van der Waals surface area (Å²) in [6.45, 7) is 6.27. The first-order valence-electron chi connectivity index (χ1n) is 10.1. The zero-order valence-corrected chi connectivity index (χ0v) is 16.4. The summed E-state index contributed by atoms with van der Waals surface area (Å²) in [5, 5.41) is 12.7. The van der Waals surface area contributed by atoms with Gasteiger partial charge < -0.3 is 20.0 Å². The molecular formula is C21H27N7. The van der Waals surface area contributed by atoms with E-state index in [-0.39, 0.29) is 0 Å². The van der Waals surface area contributed by atoms with Crippen LogP contribution in [-0.4, -0.2) is 61.2 Å². The lowest BCUT2D eigenvalue weighted by Crippen LogP contribution is -2.44. The number of rotatable bonds is 4. The van der Waals surface area contributed by atoms with Gasteiger partial charge >= 0.3 is 0 Å². The van der Waals surface area contributed by atoms with E-state index in [0.29, 0.717) is 11.5 Å². The molecule has 0 unspecified atom stereocenters. The van der Waals surface area contributed by atoms with Gasteiger partial charge in [0, 0.05) is 50.6 Å². The molecule has 2 saturated heterocycles. The number of anilines is 4. The number of nitriles is 1. The van der Waals surface area contributed by atoms with Crippen molar-refractivity contribution in [2.75, 3.05) is 61.4 Å².